The van der Waals surface area contributed by atoms with Gasteiger partial charge in [-0.15, -0.1) is 0 Å². The number of aromatic nitrogens is 6. The van der Waals surface area contributed by atoms with Gasteiger partial charge in [0.25, 0.3) is 11.8 Å². The lowest BCUT2D eigenvalue weighted by atomic mass is 10.1. The van der Waals surface area contributed by atoms with Crippen LogP contribution in [0.5, 0.6) is 0 Å². The van der Waals surface area contributed by atoms with Gasteiger partial charge in [-0.3, -0.25) is 36.2 Å². The summed E-state index contributed by atoms with van der Waals surface area (Å²) in [5, 5.41) is 6.66. The number of benzene rings is 2. The van der Waals surface area contributed by atoms with Crippen LogP contribution in [0.3, 0.4) is 0 Å². The summed E-state index contributed by atoms with van der Waals surface area (Å²) < 4.78 is 83.5. The van der Waals surface area contributed by atoms with Crippen LogP contribution in [0.4, 0.5) is 68.2 Å². The van der Waals surface area contributed by atoms with Crippen molar-refractivity contribution >= 4 is 69.7 Å². The zero-order chi connectivity index (χ0) is 51.6. The van der Waals surface area contributed by atoms with E-state index in [9.17, 15) is 27.2 Å². The van der Waals surface area contributed by atoms with Crippen molar-refractivity contribution in [3.05, 3.63) is 130 Å². The molecule has 6 heterocycles. The fraction of sp³-hybridized carbons (Fsp3) is 0.319. The number of carbonyl (C=O) groups excluding carboxylic acids is 2. The van der Waals surface area contributed by atoms with Gasteiger partial charge in [0.05, 0.1) is 78.4 Å². The highest BCUT2D eigenvalue weighted by atomic mass is 35.5. The van der Waals surface area contributed by atoms with Gasteiger partial charge in [0.15, 0.2) is 23.3 Å². The van der Waals surface area contributed by atoms with Crippen LogP contribution in [0.25, 0.3) is 0 Å². The number of hydrazine groups is 2. The molecule has 0 spiro atoms. The molecule has 26 heteroatoms. The number of likely N-dealkylation sites (N-methyl/N-ethyl adjacent to an activating group) is 1. The number of alkyl halides is 3. The minimum Gasteiger partial charge on any atom is -0.378 e. The summed E-state index contributed by atoms with van der Waals surface area (Å²) in [4.78, 5) is 57.7. The first kappa shape index (κ1) is 51.8. The summed E-state index contributed by atoms with van der Waals surface area (Å²) in [5.74, 6) is -2.77. The second-order valence-corrected chi connectivity index (χ2v) is 17.6. The van der Waals surface area contributed by atoms with Gasteiger partial charge in [0, 0.05) is 51.5 Å². The van der Waals surface area contributed by atoms with Crippen molar-refractivity contribution in [2.75, 3.05) is 105 Å². The molecule has 1 unspecified atom stereocenters. The number of hydrogen-bond acceptors (Lipinski definition) is 18. The number of pyridine rings is 2. The predicted molar refractivity (Wildman–Crippen MR) is 263 cm³/mol. The van der Waals surface area contributed by atoms with E-state index in [0.29, 0.717) is 54.0 Å². The Balaban J connectivity index is 0.832. The van der Waals surface area contributed by atoms with Crippen molar-refractivity contribution in [1.82, 2.24) is 50.6 Å². The van der Waals surface area contributed by atoms with Crippen molar-refractivity contribution in [3.63, 3.8) is 0 Å². The maximum atomic E-state index is 15.2. The third kappa shape index (κ3) is 14.1. The zero-order valence-electron chi connectivity index (χ0n) is 39.6. The van der Waals surface area contributed by atoms with Crippen LogP contribution < -0.4 is 42.1 Å². The Morgan fingerprint density at radius 2 is 1.30 bits per heavy atom. The molecule has 0 bridgehead atoms. The average molecular weight is 1030 g/mol. The van der Waals surface area contributed by atoms with Gasteiger partial charge in [-0.25, -0.2) is 28.7 Å². The lowest BCUT2D eigenvalue weighted by Crippen LogP contribution is -2.47. The fourth-order valence-corrected chi connectivity index (χ4v) is 8.07. The normalized spacial score (nSPS) is 15.0. The highest BCUT2D eigenvalue weighted by Crippen LogP contribution is 2.34. The van der Waals surface area contributed by atoms with E-state index in [1.165, 1.54) is 30.6 Å². The van der Waals surface area contributed by atoms with E-state index in [2.05, 4.69) is 62.2 Å². The number of anilines is 8. The number of carbonyl (C=O) groups is 2. The van der Waals surface area contributed by atoms with E-state index >= 15 is 4.39 Å². The van der Waals surface area contributed by atoms with Crippen LogP contribution in [-0.2, 0) is 28.7 Å². The van der Waals surface area contributed by atoms with Gasteiger partial charge in [0.2, 0.25) is 11.9 Å². The first-order chi connectivity index (χ1) is 35.0. The lowest BCUT2D eigenvalue weighted by Gasteiger charge is -2.35. The van der Waals surface area contributed by atoms with E-state index < -0.39 is 41.3 Å². The summed E-state index contributed by atoms with van der Waals surface area (Å²) >= 11 is 6.48. The molecular weight excluding hydrogens is 983 g/mol. The molecule has 6 aromatic rings. The molecule has 8 rings (SSSR count). The molecule has 2 fully saturated rings. The quantitative estimate of drug-likeness (QED) is 0.0415. The first-order valence-corrected chi connectivity index (χ1v) is 23.1. The van der Waals surface area contributed by atoms with Gasteiger partial charge in [-0.05, 0) is 86.9 Å². The number of hydrogen-bond donors (Lipinski definition) is 6. The van der Waals surface area contributed by atoms with E-state index in [0.717, 1.165) is 36.6 Å². The van der Waals surface area contributed by atoms with E-state index in [4.69, 9.17) is 21.1 Å². The summed E-state index contributed by atoms with van der Waals surface area (Å²) in [6.45, 7) is 3.42. The SMILES string of the molecule is CN(C)Cc1ccc(Nc2ccc(C(=O)NNc3ncc(F)c(N4CCOC(CN(C)Cc5cc(Nc6ccc(C(=O)NNc7ncc(F)c(N8CCOCC8)n7)nc6)cc(C(F)(F)F)c5)C4)n3)nc2)c(Cl)c1. The molecular formula is C47H50ClF5N16O4. The molecule has 2 aliphatic heterocycles. The van der Waals surface area contributed by atoms with Crippen molar-refractivity contribution in [3.8, 4) is 0 Å². The van der Waals surface area contributed by atoms with Crippen LogP contribution in [0.1, 0.15) is 37.7 Å². The number of nitrogens with zero attached hydrogens (tertiary/aromatic N) is 10. The second-order valence-electron chi connectivity index (χ2n) is 17.2. The van der Waals surface area contributed by atoms with Gasteiger partial charge < -0.3 is 34.8 Å². The Kier molecular flexibility index (Phi) is 16.5. The van der Waals surface area contributed by atoms with Gasteiger partial charge in [-0.1, -0.05) is 17.7 Å². The summed E-state index contributed by atoms with van der Waals surface area (Å²) in [7, 11) is 5.66. The van der Waals surface area contributed by atoms with Crippen molar-refractivity contribution in [2.24, 2.45) is 0 Å². The molecule has 20 nitrogen and oxygen atoms in total. The zero-order valence-corrected chi connectivity index (χ0v) is 40.4. The molecule has 384 valence electrons. The molecule has 73 heavy (non-hydrogen) atoms. The van der Waals surface area contributed by atoms with Gasteiger partial charge in [-0.2, -0.15) is 23.1 Å². The number of rotatable bonds is 18. The Hall–Kier alpha value is -7.58. The van der Waals surface area contributed by atoms with Crippen LogP contribution in [0, 0.1) is 11.6 Å². The molecule has 2 aliphatic rings. The third-order valence-electron chi connectivity index (χ3n) is 11.2. The van der Waals surface area contributed by atoms with Crippen molar-refractivity contribution in [2.45, 2.75) is 25.4 Å². The van der Waals surface area contributed by atoms with E-state index in [1.807, 2.05) is 37.2 Å². The average Bonchev–Trinajstić information content (AvgIpc) is 3.36. The van der Waals surface area contributed by atoms with E-state index in [1.54, 1.807) is 33.9 Å². The Bertz CT molecular complexity index is 2880. The Labute approximate surface area is 420 Å². The fourth-order valence-electron chi connectivity index (χ4n) is 7.82. The van der Waals surface area contributed by atoms with Gasteiger partial charge in [0.1, 0.15) is 11.4 Å². The molecule has 6 N–H and O–H groups in total. The number of nitrogens with one attached hydrogen (secondary N) is 6. The molecule has 2 aromatic carbocycles. The molecule has 0 aliphatic carbocycles. The Morgan fingerprint density at radius 3 is 1.88 bits per heavy atom. The van der Waals surface area contributed by atoms with Crippen molar-refractivity contribution < 1.29 is 41.0 Å². The third-order valence-corrected chi connectivity index (χ3v) is 11.5. The summed E-state index contributed by atoms with van der Waals surface area (Å²) in [6.07, 6.45) is -0.448. The molecule has 2 amide bonds. The molecule has 0 radical (unpaired) electrons. The number of amides is 2. The maximum Gasteiger partial charge on any atom is 0.416 e. The first-order valence-electron chi connectivity index (χ1n) is 22.7. The van der Waals surface area contributed by atoms with Crippen LogP contribution in [-0.4, -0.2) is 131 Å². The number of morpholine rings is 2. The monoisotopic (exact) mass is 1030 g/mol. The van der Waals surface area contributed by atoms with Crippen LogP contribution in [0.2, 0.25) is 5.02 Å². The van der Waals surface area contributed by atoms with Crippen LogP contribution in [0.15, 0.2) is 85.5 Å². The summed E-state index contributed by atoms with van der Waals surface area (Å²) in [5.41, 5.74) is 12.3. The number of ether oxygens (including phenoxy) is 2. The lowest BCUT2D eigenvalue weighted by molar-refractivity contribution is -0.137. The van der Waals surface area contributed by atoms with E-state index in [-0.39, 0.29) is 73.4 Å². The topological polar surface area (TPSA) is 215 Å². The molecule has 0 saturated carbocycles. The molecule has 4 aromatic heterocycles. The predicted octanol–water partition coefficient (Wildman–Crippen LogP) is 6.24. The number of halogens is 6. The van der Waals surface area contributed by atoms with Crippen LogP contribution >= 0.6 is 11.6 Å². The van der Waals surface area contributed by atoms with Crippen molar-refractivity contribution in [1.29, 1.82) is 0 Å². The standard InChI is InChI=1S/C47H50ClF5N16O4/c1-66(2)24-28-4-7-38(35(48)18-28)59-32-6-9-40(55-21-32)44(71)63-65-46-57-23-37(50)42(61-46)69-12-15-73-34(27-69)26-67(3)25-29-16-30(47(51,52)53)19-33(17-29)58-31-5-8-39(54-20-31)43(70)62-64-45-56-22-36(49)41(60-45)68-10-13-72-14-11-68/h4-9,16-23,34,58-59H,10-15,24-27H2,1-3H3,(H,62,70)(H,63,71)(H,56,60,64)(H,57,61,65). The minimum absolute atomic E-state index is 0.0402. The Morgan fingerprint density at radius 1 is 0.699 bits per heavy atom. The highest BCUT2D eigenvalue weighted by molar-refractivity contribution is 6.33. The molecule has 1 atom stereocenters. The highest BCUT2D eigenvalue weighted by Gasteiger charge is 2.32. The molecule has 2 saturated heterocycles. The second kappa shape index (κ2) is 23.3. The summed E-state index contributed by atoms with van der Waals surface area (Å²) in [6, 6.07) is 15.3. The smallest absolute Gasteiger partial charge is 0.378 e. The largest absolute Gasteiger partial charge is 0.416 e. The van der Waals surface area contributed by atoms with Gasteiger partial charge >= 0.3 is 6.18 Å². The minimum atomic E-state index is -4.67. The maximum absolute atomic E-state index is 15.2.